The van der Waals surface area contributed by atoms with E-state index in [4.69, 9.17) is 4.42 Å². The predicted molar refractivity (Wildman–Crippen MR) is 115 cm³/mol. The molecule has 0 aliphatic heterocycles. The molecule has 5 nitrogen and oxygen atoms in total. The average molecular weight is 373 g/mol. The van der Waals surface area contributed by atoms with Gasteiger partial charge in [0.15, 0.2) is 5.58 Å². The zero-order valence-electron chi connectivity index (χ0n) is 15.0. The zero-order valence-corrected chi connectivity index (χ0v) is 15.0. The van der Waals surface area contributed by atoms with Gasteiger partial charge in [0.05, 0.1) is 27.5 Å². The van der Waals surface area contributed by atoms with E-state index in [-0.39, 0.29) is 5.56 Å². The number of oxazole rings is 1. The van der Waals surface area contributed by atoms with Gasteiger partial charge in [-0.3, -0.25) is 9.20 Å². The molecule has 0 aliphatic carbocycles. The molecule has 3 aromatic carbocycles. The summed E-state index contributed by atoms with van der Waals surface area (Å²) in [5.41, 5.74) is 5.60. The van der Waals surface area contributed by atoms with Crippen molar-refractivity contribution in [2.45, 2.75) is 0 Å². The van der Waals surface area contributed by atoms with Crippen molar-refractivity contribution in [3.8, 4) is 0 Å². The second-order valence-electron chi connectivity index (χ2n) is 7.62. The van der Waals surface area contributed by atoms with Crippen LogP contribution in [0.2, 0.25) is 0 Å². The Labute approximate surface area is 161 Å². The van der Waals surface area contributed by atoms with Crippen LogP contribution in [0.1, 0.15) is 0 Å². The summed E-state index contributed by atoms with van der Waals surface area (Å²) < 4.78 is 10.5. The lowest BCUT2D eigenvalue weighted by Gasteiger charge is -2.03. The standard InChI is InChI=1S/C24H11N3O2/c28-24-20-14(11-25-24)18-12-5-1-2-7-15(12)26-10-4-9-17-27-21-13(6-3-8-16(21)29-17)19(20)23(27)22(18)26/h1-11H. The van der Waals surface area contributed by atoms with Gasteiger partial charge >= 0.3 is 0 Å². The third-order valence-electron chi connectivity index (χ3n) is 6.31. The van der Waals surface area contributed by atoms with Crippen molar-refractivity contribution in [1.82, 2.24) is 13.8 Å². The minimum absolute atomic E-state index is 0.173. The van der Waals surface area contributed by atoms with Crippen LogP contribution >= 0.6 is 0 Å². The van der Waals surface area contributed by atoms with Gasteiger partial charge in [-0.25, -0.2) is 4.98 Å². The van der Waals surface area contributed by atoms with Gasteiger partial charge in [0.2, 0.25) is 5.71 Å². The van der Waals surface area contributed by atoms with E-state index in [1.165, 1.54) is 0 Å². The summed E-state index contributed by atoms with van der Waals surface area (Å²) in [5.74, 6) is 0. The molecule has 29 heavy (non-hydrogen) atoms. The monoisotopic (exact) mass is 373 g/mol. The molecule has 5 heteroatoms. The maximum atomic E-state index is 12.9. The summed E-state index contributed by atoms with van der Waals surface area (Å²) in [6.45, 7) is 0. The Bertz CT molecular complexity index is 1990. The SMILES string of the molecule is O=c1ncc2c1c1c3cccc4oc5cccn6c7ccccc7c2c6c1n5c43. The third kappa shape index (κ3) is 1.35. The molecular formula is C24H11N3O2. The normalized spacial score (nSPS) is 13.0. The quantitative estimate of drug-likeness (QED) is 0.368. The first kappa shape index (κ1) is 14.0. The van der Waals surface area contributed by atoms with E-state index in [9.17, 15) is 4.79 Å². The summed E-state index contributed by atoms with van der Waals surface area (Å²) in [5, 5.41) is 5.78. The number of benzene rings is 3. The number of fused-ring (bicyclic) bond motifs is 7. The van der Waals surface area contributed by atoms with E-state index >= 15 is 0 Å². The van der Waals surface area contributed by atoms with Crippen LogP contribution < -0.4 is 5.56 Å². The Morgan fingerprint density at radius 3 is 2.62 bits per heavy atom. The van der Waals surface area contributed by atoms with Crippen LogP contribution in [0.5, 0.6) is 0 Å². The van der Waals surface area contributed by atoms with Crippen LogP contribution in [0.3, 0.4) is 0 Å². The molecule has 5 heterocycles. The van der Waals surface area contributed by atoms with Crippen molar-refractivity contribution in [3.63, 3.8) is 0 Å². The molecule has 0 saturated carbocycles. The first-order valence-corrected chi connectivity index (χ1v) is 9.54. The van der Waals surface area contributed by atoms with E-state index in [0.29, 0.717) is 5.39 Å². The van der Waals surface area contributed by atoms with Gasteiger partial charge < -0.3 is 8.82 Å². The molecule has 5 aromatic heterocycles. The molecule has 0 fully saturated rings. The Kier molecular flexibility index (Phi) is 2.07. The molecule has 0 saturated heterocycles. The molecule has 0 spiro atoms. The van der Waals surface area contributed by atoms with E-state index in [1.807, 2.05) is 36.4 Å². The molecular weight excluding hydrogens is 362 g/mol. The summed E-state index contributed by atoms with van der Waals surface area (Å²) in [6.07, 6.45) is 3.80. The molecule has 0 atom stereocenters. The van der Waals surface area contributed by atoms with Crippen molar-refractivity contribution < 1.29 is 4.42 Å². The van der Waals surface area contributed by atoms with Crippen LogP contribution in [-0.2, 0) is 0 Å². The average Bonchev–Trinajstić information content (AvgIpc) is 3.45. The fraction of sp³-hybridized carbons (Fsp3) is 0. The lowest BCUT2D eigenvalue weighted by atomic mass is 10.0. The molecule has 0 unspecified atom stereocenters. The molecule has 0 bridgehead atoms. The van der Waals surface area contributed by atoms with Crippen LogP contribution in [0, 0.1) is 0 Å². The number of nitrogens with zero attached hydrogens (tertiary/aromatic N) is 3. The molecule has 0 N–H and O–H groups in total. The highest BCUT2D eigenvalue weighted by molar-refractivity contribution is 6.36. The van der Waals surface area contributed by atoms with Crippen molar-refractivity contribution in [1.29, 1.82) is 0 Å². The second-order valence-corrected chi connectivity index (χ2v) is 7.62. The first-order valence-electron chi connectivity index (χ1n) is 9.54. The highest BCUT2D eigenvalue weighted by Gasteiger charge is 2.26. The second kappa shape index (κ2) is 4.31. The Morgan fingerprint density at radius 1 is 0.759 bits per heavy atom. The summed E-state index contributed by atoms with van der Waals surface area (Å²) in [7, 11) is 0. The van der Waals surface area contributed by atoms with Crippen molar-refractivity contribution >= 4 is 65.7 Å². The van der Waals surface area contributed by atoms with Crippen LogP contribution in [-0.4, -0.2) is 13.8 Å². The summed E-state index contributed by atoms with van der Waals surface area (Å²) in [4.78, 5) is 17.1. The molecule has 8 rings (SSSR count). The Hall–Kier alpha value is -4.12. The molecule has 134 valence electrons. The van der Waals surface area contributed by atoms with Gasteiger partial charge in [-0.2, -0.15) is 0 Å². The van der Waals surface area contributed by atoms with Gasteiger partial charge in [0, 0.05) is 45.4 Å². The maximum absolute atomic E-state index is 12.9. The van der Waals surface area contributed by atoms with Gasteiger partial charge in [-0.15, -0.1) is 0 Å². The minimum atomic E-state index is -0.173. The molecule has 0 amide bonds. The number of hydrogen-bond acceptors (Lipinski definition) is 3. The number of para-hydroxylation sites is 2. The van der Waals surface area contributed by atoms with E-state index in [2.05, 4.69) is 38.2 Å². The summed E-state index contributed by atoms with van der Waals surface area (Å²) in [6, 6.07) is 18.3. The number of hydrogen-bond donors (Lipinski definition) is 0. The van der Waals surface area contributed by atoms with Crippen molar-refractivity contribution in [2.24, 2.45) is 0 Å². The zero-order chi connectivity index (χ0) is 18.9. The van der Waals surface area contributed by atoms with Gasteiger partial charge in [-0.05, 0) is 18.2 Å². The smallest absolute Gasteiger partial charge is 0.278 e. The minimum Gasteiger partial charge on any atom is -0.438 e. The first-order chi connectivity index (χ1) is 14.3. The highest BCUT2D eigenvalue weighted by Crippen LogP contribution is 2.45. The van der Waals surface area contributed by atoms with Gasteiger partial charge in [0.25, 0.3) is 5.56 Å². The molecule has 0 radical (unpaired) electrons. The van der Waals surface area contributed by atoms with E-state index in [0.717, 1.165) is 60.3 Å². The topological polar surface area (TPSA) is 51.9 Å². The maximum Gasteiger partial charge on any atom is 0.278 e. The third-order valence-corrected chi connectivity index (χ3v) is 6.31. The van der Waals surface area contributed by atoms with Crippen LogP contribution in [0.25, 0.3) is 65.7 Å². The van der Waals surface area contributed by atoms with Crippen LogP contribution in [0.15, 0.2) is 76.2 Å². The van der Waals surface area contributed by atoms with Gasteiger partial charge in [0.1, 0.15) is 0 Å². The molecule has 0 aliphatic rings. The Morgan fingerprint density at radius 2 is 1.66 bits per heavy atom. The predicted octanol–water partition coefficient (Wildman–Crippen LogP) is 5.18. The van der Waals surface area contributed by atoms with Gasteiger partial charge in [-0.1, -0.05) is 30.3 Å². The highest BCUT2D eigenvalue weighted by atomic mass is 16.3. The largest absolute Gasteiger partial charge is 0.438 e. The number of rotatable bonds is 0. The van der Waals surface area contributed by atoms with E-state index in [1.54, 1.807) is 6.20 Å². The lowest BCUT2D eigenvalue weighted by molar-refractivity contribution is 0.655. The van der Waals surface area contributed by atoms with Crippen molar-refractivity contribution in [3.05, 3.63) is 77.3 Å². The Balaban J connectivity index is 1.98. The van der Waals surface area contributed by atoms with Crippen LogP contribution in [0.4, 0.5) is 0 Å². The fourth-order valence-electron chi connectivity index (χ4n) is 5.29. The molecule has 8 aromatic rings. The van der Waals surface area contributed by atoms with E-state index < -0.39 is 0 Å². The summed E-state index contributed by atoms with van der Waals surface area (Å²) >= 11 is 0. The fourth-order valence-corrected chi connectivity index (χ4v) is 5.29. The van der Waals surface area contributed by atoms with Crippen molar-refractivity contribution in [2.75, 3.05) is 0 Å². The number of aromatic nitrogens is 3. The lowest BCUT2D eigenvalue weighted by Crippen LogP contribution is -1.97.